The average Bonchev–Trinajstić information content (AvgIpc) is 2.37. The van der Waals surface area contributed by atoms with Gasteiger partial charge < -0.3 is 15.8 Å². The Bertz CT molecular complexity index is 463. The quantitative estimate of drug-likeness (QED) is 0.749. The van der Waals surface area contributed by atoms with Gasteiger partial charge in [-0.25, -0.2) is 0 Å². The molecular weight excluding hydrogens is 312 g/mol. The number of halogens is 1. The standard InChI is InChI=1S/C13H17BrN2O3/c1-19-11-6-5-9(8-10(11)14)13(18)16-7-3-2-4-12(15)17/h5-6,8H,2-4,7H2,1H3,(H2,15,17)(H,16,18). The maximum absolute atomic E-state index is 11.8. The fraction of sp³-hybridized carbons (Fsp3) is 0.385. The number of methoxy groups -OCH3 is 1. The fourth-order valence-corrected chi connectivity index (χ4v) is 2.08. The molecule has 0 aromatic heterocycles. The van der Waals surface area contributed by atoms with Gasteiger partial charge in [-0.05, 0) is 47.0 Å². The van der Waals surface area contributed by atoms with Crippen molar-refractivity contribution in [2.24, 2.45) is 5.73 Å². The first-order valence-electron chi connectivity index (χ1n) is 5.94. The molecule has 0 aliphatic carbocycles. The van der Waals surface area contributed by atoms with E-state index in [0.717, 1.165) is 10.9 Å². The second-order valence-electron chi connectivity index (χ2n) is 4.03. The zero-order valence-electron chi connectivity index (χ0n) is 10.7. The molecule has 0 fully saturated rings. The number of primary amides is 1. The van der Waals surface area contributed by atoms with Crippen LogP contribution in [0.25, 0.3) is 0 Å². The van der Waals surface area contributed by atoms with Gasteiger partial charge in [-0.3, -0.25) is 9.59 Å². The van der Waals surface area contributed by atoms with E-state index in [1.165, 1.54) is 0 Å². The zero-order chi connectivity index (χ0) is 14.3. The van der Waals surface area contributed by atoms with E-state index in [9.17, 15) is 9.59 Å². The molecule has 2 amide bonds. The first-order valence-corrected chi connectivity index (χ1v) is 6.74. The molecule has 0 radical (unpaired) electrons. The number of hydrogen-bond acceptors (Lipinski definition) is 3. The highest BCUT2D eigenvalue weighted by Gasteiger charge is 2.08. The van der Waals surface area contributed by atoms with Gasteiger partial charge in [0.15, 0.2) is 0 Å². The molecule has 0 bridgehead atoms. The van der Waals surface area contributed by atoms with Crippen LogP contribution in [0.4, 0.5) is 0 Å². The lowest BCUT2D eigenvalue weighted by atomic mass is 10.2. The summed E-state index contributed by atoms with van der Waals surface area (Å²) < 4.78 is 5.83. The molecule has 1 aromatic rings. The van der Waals surface area contributed by atoms with Crippen LogP contribution in [0.3, 0.4) is 0 Å². The van der Waals surface area contributed by atoms with Crippen LogP contribution >= 0.6 is 15.9 Å². The molecule has 5 nitrogen and oxygen atoms in total. The maximum atomic E-state index is 11.8. The summed E-state index contributed by atoms with van der Waals surface area (Å²) in [6.45, 7) is 0.524. The van der Waals surface area contributed by atoms with Crippen LogP contribution in [-0.2, 0) is 4.79 Å². The number of hydrogen-bond donors (Lipinski definition) is 2. The molecule has 0 saturated carbocycles. The minimum Gasteiger partial charge on any atom is -0.496 e. The Hall–Kier alpha value is -1.56. The molecular formula is C13H17BrN2O3. The second kappa shape index (κ2) is 7.78. The van der Waals surface area contributed by atoms with Crippen molar-refractivity contribution in [2.75, 3.05) is 13.7 Å². The Morgan fingerprint density at radius 2 is 2.11 bits per heavy atom. The molecule has 104 valence electrons. The number of rotatable bonds is 7. The fourth-order valence-electron chi connectivity index (χ4n) is 1.54. The highest BCUT2D eigenvalue weighted by Crippen LogP contribution is 2.25. The predicted molar refractivity (Wildman–Crippen MR) is 76.1 cm³/mol. The van der Waals surface area contributed by atoms with Gasteiger partial charge in [-0.15, -0.1) is 0 Å². The monoisotopic (exact) mass is 328 g/mol. The summed E-state index contributed by atoms with van der Waals surface area (Å²) in [5.74, 6) is 0.214. The third kappa shape index (κ3) is 5.30. The Balaban J connectivity index is 2.41. The van der Waals surface area contributed by atoms with Gasteiger partial charge in [0.2, 0.25) is 5.91 Å². The minimum atomic E-state index is -0.314. The van der Waals surface area contributed by atoms with E-state index >= 15 is 0 Å². The summed E-state index contributed by atoms with van der Waals surface area (Å²) >= 11 is 3.33. The van der Waals surface area contributed by atoms with Crippen LogP contribution in [0.5, 0.6) is 5.75 Å². The molecule has 0 spiro atoms. The summed E-state index contributed by atoms with van der Waals surface area (Å²) in [6.07, 6.45) is 1.76. The van der Waals surface area contributed by atoms with Crippen molar-refractivity contribution < 1.29 is 14.3 Å². The Morgan fingerprint density at radius 1 is 1.37 bits per heavy atom. The number of nitrogens with two attached hydrogens (primary N) is 1. The molecule has 0 saturated heterocycles. The number of carbonyl (C=O) groups is 2. The number of carbonyl (C=O) groups excluding carboxylic acids is 2. The van der Waals surface area contributed by atoms with Crippen molar-refractivity contribution in [3.63, 3.8) is 0 Å². The SMILES string of the molecule is COc1ccc(C(=O)NCCCCC(N)=O)cc1Br. The van der Waals surface area contributed by atoms with Crippen LogP contribution in [-0.4, -0.2) is 25.5 Å². The van der Waals surface area contributed by atoms with Gasteiger partial charge in [-0.2, -0.15) is 0 Å². The van der Waals surface area contributed by atoms with E-state index < -0.39 is 0 Å². The molecule has 0 aliphatic heterocycles. The van der Waals surface area contributed by atoms with Gasteiger partial charge in [0.1, 0.15) is 5.75 Å². The smallest absolute Gasteiger partial charge is 0.251 e. The van der Waals surface area contributed by atoms with Gasteiger partial charge in [0.05, 0.1) is 11.6 Å². The van der Waals surface area contributed by atoms with Crippen LogP contribution in [0.2, 0.25) is 0 Å². The van der Waals surface area contributed by atoms with Crippen LogP contribution in [0, 0.1) is 0 Å². The van der Waals surface area contributed by atoms with Gasteiger partial charge >= 0.3 is 0 Å². The van der Waals surface area contributed by atoms with Crippen molar-refractivity contribution in [3.8, 4) is 5.75 Å². The van der Waals surface area contributed by atoms with Crippen molar-refractivity contribution in [1.29, 1.82) is 0 Å². The average molecular weight is 329 g/mol. The number of unbranched alkanes of at least 4 members (excludes halogenated alkanes) is 1. The Labute approximate surface area is 120 Å². The van der Waals surface area contributed by atoms with Crippen LogP contribution < -0.4 is 15.8 Å². The Kier molecular flexibility index (Phi) is 6.35. The summed E-state index contributed by atoms with van der Waals surface area (Å²) in [4.78, 5) is 22.4. The lowest BCUT2D eigenvalue weighted by Gasteiger charge is -2.07. The summed E-state index contributed by atoms with van der Waals surface area (Å²) in [5.41, 5.74) is 5.58. The van der Waals surface area contributed by atoms with Gasteiger partial charge in [-0.1, -0.05) is 0 Å². The third-order valence-corrected chi connectivity index (χ3v) is 3.17. The summed E-state index contributed by atoms with van der Waals surface area (Å²) in [5, 5.41) is 2.78. The van der Waals surface area contributed by atoms with E-state index in [2.05, 4.69) is 21.2 Å². The number of ether oxygens (including phenoxy) is 1. The van der Waals surface area contributed by atoms with Crippen molar-refractivity contribution in [3.05, 3.63) is 28.2 Å². The first kappa shape index (κ1) is 15.5. The second-order valence-corrected chi connectivity index (χ2v) is 4.88. The molecule has 6 heteroatoms. The third-order valence-electron chi connectivity index (χ3n) is 2.55. The zero-order valence-corrected chi connectivity index (χ0v) is 12.3. The number of benzene rings is 1. The molecule has 1 aromatic carbocycles. The number of nitrogens with one attached hydrogen (secondary N) is 1. The molecule has 0 heterocycles. The van der Waals surface area contributed by atoms with Gasteiger partial charge in [0, 0.05) is 18.5 Å². The maximum Gasteiger partial charge on any atom is 0.251 e. The molecule has 0 atom stereocenters. The molecule has 0 unspecified atom stereocenters. The van der Waals surface area contributed by atoms with Crippen molar-refractivity contribution in [2.45, 2.75) is 19.3 Å². The highest BCUT2D eigenvalue weighted by atomic mass is 79.9. The molecule has 19 heavy (non-hydrogen) atoms. The normalized spacial score (nSPS) is 10.0. The largest absolute Gasteiger partial charge is 0.496 e. The topological polar surface area (TPSA) is 81.4 Å². The van der Waals surface area contributed by atoms with E-state index in [1.807, 2.05) is 0 Å². The molecule has 0 aliphatic rings. The minimum absolute atomic E-state index is 0.151. The van der Waals surface area contributed by atoms with Crippen molar-refractivity contribution >= 4 is 27.7 Å². The summed E-state index contributed by atoms with van der Waals surface area (Å²) in [6, 6.07) is 5.13. The summed E-state index contributed by atoms with van der Waals surface area (Å²) in [7, 11) is 1.57. The van der Waals surface area contributed by atoms with Crippen LogP contribution in [0.1, 0.15) is 29.6 Å². The molecule has 3 N–H and O–H groups in total. The highest BCUT2D eigenvalue weighted by molar-refractivity contribution is 9.10. The van der Waals surface area contributed by atoms with Crippen molar-refractivity contribution in [1.82, 2.24) is 5.32 Å². The van der Waals surface area contributed by atoms with E-state index in [1.54, 1.807) is 25.3 Å². The van der Waals surface area contributed by atoms with E-state index in [-0.39, 0.29) is 11.8 Å². The lowest BCUT2D eigenvalue weighted by molar-refractivity contribution is -0.118. The van der Waals surface area contributed by atoms with Gasteiger partial charge in [0.25, 0.3) is 5.91 Å². The van der Waals surface area contributed by atoms with E-state index in [0.29, 0.717) is 30.7 Å². The van der Waals surface area contributed by atoms with Crippen LogP contribution in [0.15, 0.2) is 22.7 Å². The first-order chi connectivity index (χ1) is 9.04. The Morgan fingerprint density at radius 3 is 2.68 bits per heavy atom. The number of amides is 2. The predicted octanol–water partition coefficient (Wildman–Crippen LogP) is 1.84. The lowest BCUT2D eigenvalue weighted by Crippen LogP contribution is -2.24. The molecule has 1 rings (SSSR count). The van der Waals surface area contributed by atoms with E-state index in [4.69, 9.17) is 10.5 Å².